The zero-order valence-electron chi connectivity index (χ0n) is 13.3. The van der Waals surface area contributed by atoms with Crippen LogP contribution in [0.15, 0.2) is 11.9 Å². The Labute approximate surface area is 125 Å². The molecular weight excluding hydrogens is 247 g/mol. The van der Waals surface area contributed by atoms with Gasteiger partial charge in [0.1, 0.15) is 0 Å². The van der Waals surface area contributed by atoms with Crippen molar-refractivity contribution in [2.45, 2.75) is 103 Å². The van der Waals surface area contributed by atoms with Crippen LogP contribution in [0.3, 0.4) is 0 Å². The Hall–Kier alpha value is 0.170. The molecule has 0 aromatic heterocycles. The van der Waals surface area contributed by atoms with Gasteiger partial charge in [-0.05, 0) is 12.8 Å². The molecule has 0 fully saturated rings. The van der Waals surface area contributed by atoms with E-state index < -0.39 is 0 Å². The van der Waals surface area contributed by atoms with E-state index in [0.29, 0.717) is 0 Å². The van der Waals surface area contributed by atoms with Crippen LogP contribution in [0.25, 0.3) is 0 Å². The highest BCUT2D eigenvalue weighted by Crippen LogP contribution is 2.13. The normalized spacial score (nSPS) is 11.5. The molecule has 0 aromatic carbocycles. The van der Waals surface area contributed by atoms with Crippen LogP contribution < -0.4 is 0 Å². The summed E-state index contributed by atoms with van der Waals surface area (Å²) in [4.78, 5) is 0. The number of rotatable bonds is 15. The molecule has 0 amide bonds. The summed E-state index contributed by atoms with van der Waals surface area (Å²) in [5, 5.41) is 0. The van der Waals surface area contributed by atoms with E-state index in [2.05, 4.69) is 28.1 Å². The zero-order valence-corrected chi connectivity index (χ0v) is 14.5. The Bertz CT molecular complexity index is 175. The van der Waals surface area contributed by atoms with Gasteiger partial charge in [0.2, 0.25) is 0 Å². The molecule has 0 spiro atoms. The Kier molecular flexibility index (Phi) is 18.3. The van der Waals surface area contributed by atoms with Crippen molar-refractivity contribution < 1.29 is 0 Å². The predicted octanol–water partition coefficient (Wildman–Crippen LogP) is 7.25. The Morgan fingerprint density at radius 1 is 0.579 bits per heavy atom. The van der Waals surface area contributed by atoms with Crippen LogP contribution in [0.1, 0.15) is 103 Å². The fourth-order valence-electron chi connectivity index (χ4n) is 2.55. The van der Waals surface area contributed by atoms with E-state index >= 15 is 0 Å². The zero-order chi connectivity index (χ0) is 14.0. The molecule has 1 atom stereocenters. The molecule has 0 aliphatic rings. The maximum absolute atomic E-state index is 2.65. The minimum atomic E-state index is 1.27. The molecule has 1 heteroatoms. The van der Waals surface area contributed by atoms with Gasteiger partial charge >= 0.3 is 0 Å². The Balaban J connectivity index is 2.91. The van der Waals surface area contributed by atoms with Gasteiger partial charge in [0, 0.05) is 0 Å². The van der Waals surface area contributed by atoms with E-state index in [9.17, 15) is 0 Å². The smallest absolute Gasteiger partial charge is 0.0347 e. The summed E-state index contributed by atoms with van der Waals surface area (Å²) in [5.41, 5.74) is 0. The first-order valence-corrected chi connectivity index (χ1v) is 9.45. The molecule has 0 aliphatic carbocycles. The predicted molar refractivity (Wildman–Crippen MR) is 93.8 cm³/mol. The van der Waals surface area contributed by atoms with Gasteiger partial charge in [-0.2, -0.15) is 0 Å². The fraction of sp³-hybridized carbons (Fsp3) is 0.889. The lowest BCUT2D eigenvalue weighted by Crippen LogP contribution is -1.83. The summed E-state index contributed by atoms with van der Waals surface area (Å²) in [7, 11) is 2.65. The third kappa shape index (κ3) is 18.2. The monoisotopic (exact) mass is 284 g/mol. The third-order valence-electron chi connectivity index (χ3n) is 3.86. The molecule has 0 N–H and O–H groups in total. The van der Waals surface area contributed by atoms with E-state index in [-0.39, 0.29) is 0 Å². The van der Waals surface area contributed by atoms with Crippen LogP contribution in [0.4, 0.5) is 0 Å². The second kappa shape index (κ2) is 18.2. The maximum Gasteiger partial charge on any atom is -0.0347 e. The molecule has 19 heavy (non-hydrogen) atoms. The average molecular weight is 284 g/mol. The summed E-state index contributed by atoms with van der Waals surface area (Å²) in [5.74, 6) is 2.09. The summed E-state index contributed by atoms with van der Waals surface area (Å²) >= 11 is 0. The van der Waals surface area contributed by atoms with Crippen molar-refractivity contribution in [1.29, 1.82) is 0 Å². The number of unbranched alkanes of at least 4 members (excludes halogenated alkanes) is 14. The minimum absolute atomic E-state index is 1.27. The van der Waals surface area contributed by atoms with Gasteiger partial charge < -0.3 is 0 Å². The highest BCUT2D eigenvalue weighted by atomic mass is 31.0. The second-order valence-corrected chi connectivity index (χ2v) is 6.20. The average Bonchev–Trinajstić information content (AvgIpc) is 2.43. The van der Waals surface area contributed by atoms with Crippen LogP contribution in [0.5, 0.6) is 0 Å². The SMILES string of the molecule is CCCCCCCCCCCCCCCCC=CP. The molecule has 0 rings (SSSR count). The van der Waals surface area contributed by atoms with Gasteiger partial charge in [0.25, 0.3) is 0 Å². The minimum Gasteiger partial charge on any atom is -0.114 e. The van der Waals surface area contributed by atoms with Gasteiger partial charge in [0.15, 0.2) is 0 Å². The molecule has 0 saturated heterocycles. The number of hydrogen-bond acceptors (Lipinski definition) is 0. The first kappa shape index (κ1) is 19.2. The lowest BCUT2D eigenvalue weighted by molar-refractivity contribution is 0.536. The van der Waals surface area contributed by atoms with Crippen molar-refractivity contribution in [1.82, 2.24) is 0 Å². The van der Waals surface area contributed by atoms with E-state index in [1.807, 2.05) is 0 Å². The highest BCUT2D eigenvalue weighted by molar-refractivity contribution is 7.20. The lowest BCUT2D eigenvalue weighted by Gasteiger charge is -2.02. The molecule has 0 aromatic rings. The second-order valence-electron chi connectivity index (χ2n) is 5.81. The highest BCUT2D eigenvalue weighted by Gasteiger charge is 1.93. The molecule has 0 nitrogen and oxygen atoms in total. The summed E-state index contributed by atoms with van der Waals surface area (Å²) in [6.07, 6.45) is 23.8. The van der Waals surface area contributed by atoms with Crippen LogP contribution in [-0.2, 0) is 0 Å². The van der Waals surface area contributed by atoms with Gasteiger partial charge in [-0.15, -0.1) is 9.24 Å². The standard InChI is InChI=1S/C18H37P/c1-2-3-4-5-6-7-8-9-10-11-12-13-14-15-16-17-18-19/h17-18H,2-16,19H2,1H3. The van der Waals surface area contributed by atoms with Crippen molar-refractivity contribution in [2.24, 2.45) is 0 Å². The van der Waals surface area contributed by atoms with E-state index in [1.54, 1.807) is 0 Å². The largest absolute Gasteiger partial charge is 0.114 e. The van der Waals surface area contributed by atoms with E-state index in [0.717, 1.165) is 0 Å². The van der Waals surface area contributed by atoms with Gasteiger partial charge in [-0.3, -0.25) is 0 Å². The molecule has 1 unspecified atom stereocenters. The van der Waals surface area contributed by atoms with Crippen LogP contribution in [0, 0.1) is 0 Å². The van der Waals surface area contributed by atoms with Gasteiger partial charge in [-0.25, -0.2) is 0 Å². The van der Waals surface area contributed by atoms with Crippen LogP contribution in [0.2, 0.25) is 0 Å². The first-order valence-electron chi connectivity index (χ1n) is 8.78. The number of hydrogen-bond donors (Lipinski definition) is 0. The Morgan fingerprint density at radius 2 is 0.947 bits per heavy atom. The van der Waals surface area contributed by atoms with Crippen molar-refractivity contribution in [2.75, 3.05) is 0 Å². The van der Waals surface area contributed by atoms with Gasteiger partial charge in [0.05, 0.1) is 0 Å². The van der Waals surface area contributed by atoms with Gasteiger partial charge in [-0.1, -0.05) is 102 Å². The van der Waals surface area contributed by atoms with Crippen LogP contribution >= 0.6 is 9.24 Å². The van der Waals surface area contributed by atoms with Crippen LogP contribution in [-0.4, -0.2) is 0 Å². The lowest BCUT2D eigenvalue weighted by atomic mass is 10.0. The van der Waals surface area contributed by atoms with Crippen molar-refractivity contribution in [3.8, 4) is 0 Å². The van der Waals surface area contributed by atoms with Crippen molar-refractivity contribution in [3.05, 3.63) is 11.9 Å². The quantitative estimate of drug-likeness (QED) is 0.219. The van der Waals surface area contributed by atoms with E-state index in [4.69, 9.17) is 0 Å². The molecule has 0 bridgehead atoms. The molecule has 0 radical (unpaired) electrons. The molecule has 114 valence electrons. The maximum atomic E-state index is 2.65. The summed E-state index contributed by atoms with van der Waals surface area (Å²) in [6, 6.07) is 0. The molecule has 0 aliphatic heterocycles. The summed E-state index contributed by atoms with van der Waals surface area (Å²) in [6.45, 7) is 2.29. The van der Waals surface area contributed by atoms with E-state index in [1.165, 1.54) is 96.3 Å². The summed E-state index contributed by atoms with van der Waals surface area (Å²) < 4.78 is 0. The number of allylic oxidation sites excluding steroid dienone is 1. The fourth-order valence-corrected chi connectivity index (χ4v) is 2.75. The molecule has 0 heterocycles. The third-order valence-corrected chi connectivity index (χ3v) is 4.13. The van der Waals surface area contributed by atoms with Crippen molar-refractivity contribution >= 4 is 9.24 Å². The Morgan fingerprint density at radius 3 is 1.32 bits per heavy atom. The molecular formula is C18H37P. The topological polar surface area (TPSA) is 0 Å². The van der Waals surface area contributed by atoms with Crippen molar-refractivity contribution in [3.63, 3.8) is 0 Å². The first-order chi connectivity index (χ1) is 9.41. The molecule has 0 saturated carbocycles.